The number of piperazine rings is 1. The molecule has 170 valence electrons. The van der Waals surface area contributed by atoms with Crippen LogP contribution >= 0.6 is 35.3 Å². The molecule has 12 heteroatoms. The summed E-state index contributed by atoms with van der Waals surface area (Å²) in [5.41, 5.74) is -0.847. The van der Waals surface area contributed by atoms with Crippen molar-refractivity contribution in [1.82, 2.24) is 20.1 Å². The Morgan fingerprint density at radius 1 is 1.33 bits per heavy atom. The Morgan fingerprint density at radius 2 is 2.03 bits per heavy atom. The van der Waals surface area contributed by atoms with Gasteiger partial charge in [0, 0.05) is 57.7 Å². The molecule has 3 rings (SSSR count). The number of carbonyl (C=O) groups excluding carboxylic acids is 1. The van der Waals surface area contributed by atoms with Gasteiger partial charge in [-0.2, -0.15) is 13.2 Å². The van der Waals surface area contributed by atoms with Crippen LogP contribution in [0.1, 0.15) is 30.5 Å². The van der Waals surface area contributed by atoms with Crippen molar-refractivity contribution in [2.45, 2.75) is 38.5 Å². The number of thiazole rings is 1. The van der Waals surface area contributed by atoms with Gasteiger partial charge in [0.1, 0.15) is 6.10 Å². The number of nitrogens with zero attached hydrogens (tertiary/aromatic N) is 4. The first-order valence-corrected chi connectivity index (χ1v) is 10.7. The van der Waals surface area contributed by atoms with Crippen molar-refractivity contribution in [2.75, 3.05) is 45.9 Å². The average Bonchev–Trinajstić information content (AvgIpc) is 3.39. The van der Waals surface area contributed by atoms with Crippen molar-refractivity contribution in [1.29, 1.82) is 0 Å². The third kappa shape index (κ3) is 6.67. The van der Waals surface area contributed by atoms with Crippen molar-refractivity contribution in [3.8, 4) is 0 Å². The Kier molecular flexibility index (Phi) is 9.60. The highest BCUT2D eigenvalue weighted by Gasteiger charge is 2.33. The lowest BCUT2D eigenvalue weighted by atomic mass is 10.2. The number of aliphatic imine (C=N–C) groups is 1. The van der Waals surface area contributed by atoms with Gasteiger partial charge >= 0.3 is 6.18 Å². The van der Waals surface area contributed by atoms with Crippen molar-refractivity contribution in [3.63, 3.8) is 0 Å². The van der Waals surface area contributed by atoms with Gasteiger partial charge in [-0.05, 0) is 19.8 Å². The Morgan fingerprint density at radius 3 is 2.60 bits per heavy atom. The Balaban J connectivity index is 0.00000320. The van der Waals surface area contributed by atoms with Crippen LogP contribution in [-0.2, 0) is 22.1 Å². The van der Waals surface area contributed by atoms with Gasteiger partial charge in [-0.15, -0.1) is 35.3 Å². The number of rotatable bonds is 5. The molecule has 1 unspecified atom stereocenters. The molecular weight excluding hydrogens is 534 g/mol. The van der Waals surface area contributed by atoms with Gasteiger partial charge < -0.3 is 19.9 Å². The molecule has 1 amide bonds. The predicted octanol–water partition coefficient (Wildman–Crippen LogP) is 2.61. The minimum atomic E-state index is -4.41. The van der Waals surface area contributed by atoms with Crippen LogP contribution in [0.4, 0.5) is 13.2 Å². The Labute approximate surface area is 195 Å². The summed E-state index contributed by atoms with van der Waals surface area (Å²) in [6, 6.07) is 0. The maximum Gasteiger partial charge on any atom is 0.434 e. The lowest BCUT2D eigenvalue weighted by Crippen LogP contribution is -2.55. The molecule has 0 bridgehead atoms. The highest BCUT2D eigenvalue weighted by molar-refractivity contribution is 14.0. The summed E-state index contributed by atoms with van der Waals surface area (Å²) in [6.07, 6.45) is -2.64. The normalized spacial score (nSPS) is 20.3. The van der Waals surface area contributed by atoms with E-state index in [2.05, 4.69) is 20.2 Å². The van der Waals surface area contributed by atoms with E-state index in [1.165, 1.54) is 0 Å². The molecule has 7 nitrogen and oxygen atoms in total. The molecule has 0 spiro atoms. The summed E-state index contributed by atoms with van der Waals surface area (Å²) >= 11 is 1.00. The number of guanidine groups is 1. The van der Waals surface area contributed by atoms with Crippen LogP contribution in [0.3, 0.4) is 0 Å². The summed E-state index contributed by atoms with van der Waals surface area (Å²) in [7, 11) is 0. The van der Waals surface area contributed by atoms with Crippen LogP contribution in [0, 0.1) is 0 Å². The number of ether oxygens (including phenoxy) is 1. The van der Waals surface area contributed by atoms with E-state index in [0.717, 1.165) is 29.6 Å². The van der Waals surface area contributed by atoms with E-state index in [0.29, 0.717) is 63.3 Å². The fraction of sp³-hybridized carbons (Fsp3) is 0.722. The topological polar surface area (TPSA) is 70.1 Å². The molecule has 0 aromatic carbocycles. The third-order valence-corrected chi connectivity index (χ3v) is 5.77. The third-order valence-electron chi connectivity index (χ3n) is 4.86. The van der Waals surface area contributed by atoms with Crippen LogP contribution in [0.5, 0.6) is 0 Å². The van der Waals surface area contributed by atoms with Crippen LogP contribution in [-0.4, -0.2) is 78.6 Å². The Hall–Kier alpha value is -1.15. The molecule has 2 aliphatic heterocycles. The molecule has 0 saturated carbocycles. The van der Waals surface area contributed by atoms with Crippen LogP contribution < -0.4 is 5.32 Å². The van der Waals surface area contributed by atoms with Gasteiger partial charge in [0.15, 0.2) is 11.7 Å². The zero-order chi connectivity index (χ0) is 20.9. The molecule has 0 radical (unpaired) electrons. The van der Waals surface area contributed by atoms with Gasteiger partial charge in [-0.3, -0.25) is 9.79 Å². The van der Waals surface area contributed by atoms with E-state index in [9.17, 15) is 18.0 Å². The van der Waals surface area contributed by atoms with Gasteiger partial charge in [0.05, 0.1) is 5.01 Å². The minimum Gasteiger partial charge on any atom is -0.368 e. The molecule has 1 aromatic rings. The standard InChI is InChI=1S/C18H26F3N5O2S.HI/c1-2-22-17(23-6-5-15-24-14(12-29-15)18(19,20)21)26-9-7-25(8-10-26)16(27)13-4-3-11-28-13;/h12-13H,2-11H2,1H3,(H,22,23);1H. The van der Waals surface area contributed by atoms with E-state index in [1.54, 1.807) is 0 Å². The fourth-order valence-corrected chi connectivity index (χ4v) is 4.15. The molecule has 1 N–H and O–H groups in total. The van der Waals surface area contributed by atoms with Gasteiger partial charge in [-0.25, -0.2) is 4.98 Å². The zero-order valence-corrected chi connectivity index (χ0v) is 19.9. The first kappa shape index (κ1) is 25.1. The number of hydrogen-bond acceptors (Lipinski definition) is 5. The first-order chi connectivity index (χ1) is 13.9. The zero-order valence-electron chi connectivity index (χ0n) is 16.8. The highest BCUT2D eigenvalue weighted by atomic mass is 127. The van der Waals surface area contributed by atoms with E-state index < -0.39 is 11.9 Å². The number of aromatic nitrogens is 1. The van der Waals surface area contributed by atoms with E-state index >= 15 is 0 Å². The average molecular weight is 561 g/mol. The quantitative estimate of drug-likeness (QED) is 0.340. The Bertz CT molecular complexity index is 717. The summed E-state index contributed by atoms with van der Waals surface area (Å²) in [6.45, 7) is 6.15. The van der Waals surface area contributed by atoms with Crippen molar-refractivity contribution < 1.29 is 22.7 Å². The molecule has 1 aromatic heterocycles. The SMILES string of the molecule is CCNC(=NCCc1nc(C(F)(F)F)cs1)N1CCN(C(=O)C2CCCO2)CC1.I. The molecule has 1 atom stereocenters. The molecule has 2 aliphatic rings. The molecule has 3 heterocycles. The second-order valence-corrected chi connectivity index (χ2v) is 7.87. The van der Waals surface area contributed by atoms with Gasteiger partial charge in [0.25, 0.3) is 5.91 Å². The second kappa shape index (κ2) is 11.5. The summed E-state index contributed by atoms with van der Waals surface area (Å²) in [4.78, 5) is 24.5. The maximum absolute atomic E-state index is 12.6. The fourth-order valence-electron chi connectivity index (χ4n) is 3.35. The summed E-state index contributed by atoms with van der Waals surface area (Å²) in [5, 5.41) is 4.67. The number of hydrogen-bond donors (Lipinski definition) is 1. The largest absolute Gasteiger partial charge is 0.434 e. The number of carbonyl (C=O) groups is 1. The predicted molar refractivity (Wildman–Crippen MR) is 119 cm³/mol. The van der Waals surface area contributed by atoms with Crippen LogP contribution in [0.15, 0.2) is 10.4 Å². The molecular formula is C18H27F3IN5O2S. The van der Waals surface area contributed by atoms with Crippen molar-refractivity contribution >= 4 is 47.2 Å². The van der Waals surface area contributed by atoms with E-state index in [1.807, 2.05) is 11.8 Å². The monoisotopic (exact) mass is 561 g/mol. The number of nitrogens with one attached hydrogen (secondary N) is 1. The lowest BCUT2D eigenvalue weighted by Gasteiger charge is -2.37. The number of amides is 1. The number of alkyl halides is 3. The van der Waals surface area contributed by atoms with Gasteiger partial charge in [0.2, 0.25) is 0 Å². The summed E-state index contributed by atoms with van der Waals surface area (Å²) in [5.74, 6) is 0.776. The van der Waals surface area contributed by atoms with Crippen molar-refractivity contribution in [3.05, 3.63) is 16.1 Å². The van der Waals surface area contributed by atoms with Crippen LogP contribution in [0.2, 0.25) is 0 Å². The molecule has 0 aliphatic carbocycles. The second-order valence-electron chi connectivity index (χ2n) is 6.92. The highest BCUT2D eigenvalue weighted by Crippen LogP contribution is 2.30. The van der Waals surface area contributed by atoms with Crippen LogP contribution in [0.25, 0.3) is 0 Å². The van der Waals surface area contributed by atoms with Gasteiger partial charge in [-0.1, -0.05) is 0 Å². The van der Waals surface area contributed by atoms with Crippen molar-refractivity contribution in [2.24, 2.45) is 4.99 Å². The van der Waals surface area contributed by atoms with E-state index in [-0.39, 0.29) is 36.0 Å². The minimum absolute atomic E-state index is 0. The molecule has 2 saturated heterocycles. The molecule has 30 heavy (non-hydrogen) atoms. The molecule has 2 fully saturated rings. The summed E-state index contributed by atoms with van der Waals surface area (Å²) < 4.78 is 43.4. The first-order valence-electron chi connectivity index (χ1n) is 9.83. The van der Waals surface area contributed by atoms with E-state index in [4.69, 9.17) is 4.74 Å². The lowest BCUT2D eigenvalue weighted by molar-refractivity contribution is -0.142. The number of halogens is 4. The smallest absolute Gasteiger partial charge is 0.368 e. The maximum atomic E-state index is 12.6.